The zero-order chi connectivity index (χ0) is 8.72. The van der Waals surface area contributed by atoms with Crippen LogP contribution in [0.3, 0.4) is 0 Å². The van der Waals surface area contributed by atoms with Crippen LogP contribution in [0.2, 0.25) is 0 Å². The normalized spacial score (nSPS) is 10.8. The topological polar surface area (TPSA) is 26.0 Å². The zero-order valence-corrected chi connectivity index (χ0v) is 8.38. The first kappa shape index (κ1) is 7.95. The highest BCUT2D eigenvalue weighted by Gasteiger charge is 2.04. The summed E-state index contributed by atoms with van der Waals surface area (Å²) >= 11 is 6.05. The van der Waals surface area contributed by atoms with Crippen molar-refractivity contribution in [3.8, 4) is 0 Å². The van der Waals surface area contributed by atoms with E-state index in [0.29, 0.717) is 0 Å². The predicted molar refractivity (Wildman–Crippen MR) is 58.2 cm³/mol. The maximum Gasteiger partial charge on any atom is 0.0403 e. The second-order valence-corrected chi connectivity index (χ2v) is 4.14. The molecule has 1 heterocycles. The van der Waals surface area contributed by atoms with Crippen molar-refractivity contribution >= 4 is 39.7 Å². The van der Waals surface area contributed by atoms with Crippen LogP contribution in [0.5, 0.6) is 0 Å². The van der Waals surface area contributed by atoms with E-state index in [2.05, 4.69) is 12.6 Å². The molecule has 3 heteroatoms. The summed E-state index contributed by atoms with van der Waals surface area (Å²) in [6, 6.07) is 3.96. The number of hydrogen-bond donors (Lipinski definition) is 2. The molecule has 1 aromatic carbocycles. The highest BCUT2D eigenvalue weighted by atomic mass is 32.1. The van der Waals surface area contributed by atoms with Crippen LogP contribution in [0.15, 0.2) is 22.4 Å². The lowest BCUT2D eigenvalue weighted by Gasteiger charge is -2.00. The van der Waals surface area contributed by atoms with E-state index >= 15 is 0 Å². The van der Waals surface area contributed by atoms with Gasteiger partial charge >= 0.3 is 0 Å². The first-order valence-corrected chi connectivity index (χ1v) is 4.98. The third-order valence-corrected chi connectivity index (χ3v) is 3.67. The number of thiol groups is 1. The van der Waals surface area contributed by atoms with E-state index in [-0.39, 0.29) is 0 Å². The van der Waals surface area contributed by atoms with Crippen LogP contribution in [0.4, 0.5) is 5.69 Å². The van der Waals surface area contributed by atoms with Crippen molar-refractivity contribution in [1.82, 2.24) is 0 Å². The molecule has 0 amide bonds. The van der Waals surface area contributed by atoms with Gasteiger partial charge in [-0.2, -0.15) is 0 Å². The van der Waals surface area contributed by atoms with Gasteiger partial charge in [-0.3, -0.25) is 0 Å². The summed E-state index contributed by atoms with van der Waals surface area (Å²) in [6.45, 7) is 2.04. The summed E-state index contributed by atoms with van der Waals surface area (Å²) in [6.07, 6.45) is 0. The molecule has 0 spiro atoms. The molecule has 2 N–H and O–H groups in total. The first-order chi connectivity index (χ1) is 5.70. The van der Waals surface area contributed by atoms with Crippen LogP contribution < -0.4 is 5.73 Å². The molecule has 62 valence electrons. The molecule has 2 aromatic rings. The molecule has 0 unspecified atom stereocenters. The molecule has 0 saturated carbocycles. The summed E-state index contributed by atoms with van der Waals surface area (Å²) in [4.78, 5) is 1.04. The number of thiophene rings is 1. The van der Waals surface area contributed by atoms with E-state index in [0.717, 1.165) is 16.1 Å². The molecule has 0 aliphatic carbocycles. The van der Waals surface area contributed by atoms with Gasteiger partial charge in [0.05, 0.1) is 0 Å². The smallest absolute Gasteiger partial charge is 0.0403 e. The monoisotopic (exact) mass is 195 g/mol. The lowest BCUT2D eigenvalue weighted by Crippen LogP contribution is -1.87. The van der Waals surface area contributed by atoms with Crippen molar-refractivity contribution in [2.45, 2.75) is 11.8 Å². The molecule has 2 rings (SSSR count). The molecule has 0 aliphatic heterocycles. The van der Waals surface area contributed by atoms with Crippen molar-refractivity contribution in [3.05, 3.63) is 23.1 Å². The van der Waals surface area contributed by atoms with Crippen LogP contribution in [-0.2, 0) is 0 Å². The Kier molecular flexibility index (Phi) is 1.77. The van der Waals surface area contributed by atoms with E-state index in [9.17, 15) is 0 Å². The van der Waals surface area contributed by atoms with Crippen LogP contribution in [0.1, 0.15) is 5.56 Å². The molecular formula is C9H9NS2. The SMILES string of the molecule is Cc1c(N)ccc2c(S)csc12. The second-order valence-electron chi connectivity index (χ2n) is 2.78. The maximum atomic E-state index is 5.78. The Morgan fingerprint density at radius 2 is 2.17 bits per heavy atom. The Morgan fingerprint density at radius 1 is 1.42 bits per heavy atom. The van der Waals surface area contributed by atoms with Crippen molar-refractivity contribution in [2.75, 3.05) is 5.73 Å². The minimum absolute atomic E-state index is 0.859. The zero-order valence-electron chi connectivity index (χ0n) is 6.66. The van der Waals surface area contributed by atoms with Gasteiger partial charge in [0.25, 0.3) is 0 Å². The highest BCUT2D eigenvalue weighted by Crippen LogP contribution is 2.33. The number of rotatable bonds is 0. The molecule has 0 aliphatic rings. The Morgan fingerprint density at radius 3 is 2.92 bits per heavy atom. The summed E-state index contributed by atoms with van der Waals surface area (Å²) < 4.78 is 1.25. The molecule has 12 heavy (non-hydrogen) atoms. The number of nitrogen functional groups attached to an aromatic ring is 1. The van der Waals surface area contributed by atoms with E-state index in [1.165, 1.54) is 10.1 Å². The average molecular weight is 195 g/mol. The van der Waals surface area contributed by atoms with Crippen LogP contribution in [0, 0.1) is 6.92 Å². The molecule has 1 nitrogen and oxygen atoms in total. The fourth-order valence-electron chi connectivity index (χ4n) is 1.24. The van der Waals surface area contributed by atoms with Crippen LogP contribution in [-0.4, -0.2) is 0 Å². The third-order valence-electron chi connectivity index (χ3n) is 2.01. The molecule has 1 aromatic heterocycles. The molecular weight excluding hydrogens is 186 g/mol. The number of hydrogen-bond acceptors (Lipinski definition) is 3. The Hall–Kier alpha value is -0.670. The van der Waals surface area contributed by atoms with Gasteiger partial charge in [-0.05, 0) is 18.6 Å². The van der Waals surface area contributed by atoms with E-state index in [4.69, 9.17) is 5.73 Å². The Bertz CT molecular complexity index is 431. The van der Waals surface area contributed by atoms with Gasteiger partial charge in [0, 0.05) is 26.0 Å². The molecule has 0 saturated heterocycles. The van der Waals surface area contributed by atoms with E-state index in [1.807, 2.05) is 24.4 Å². The largest absolute Gasteiger partial charge is 0.398 e. The number of benzene rings is 1. The van der Waals surface area contributed by atoms with Crippen LogP contribution in [0.25, 0.3) is 10.1 Å². The summed E-state index contributed by atoms with van der Waals surface area (Å²) in [7, 11) is 0. The standard InChI is InChI=1S/C9H9NS2/c1-5-7(10)3-2-6-8(11)4-12-9(5)6/h2-4,11H,10H2,1H3. The fraction of sp³-hybridized carbons (Fsp3) is 0.111. The molecule has 0 atom stereocenters. The van der Waals surface area contributed by atoms with Crippen molar-refractivity contribution in [3.63, 3.8) is 0 Å². The fourth-order valence-corrected chi connectivity index (χ4v) is 2.61. The van der Waals surface area contributed by atoms with Gasteiger partial charge in [-0.25, -0.2) is 0 Å². The highest BCUT2D eigenvalue weighted by molar-refractivity contribution is 7.80. The Balaban J connectivity index is 2.93. The van der Waals surface area contributed by atoms with Gasteiger partial charge in [0.1, 0.15) is 0 Å². The lowest BCUT2D eigenvalue weighted by molar-refractivity contribution is 1.54. The number of anilines is 1. The predicted octanol–water partition coefficient (Wildman–Crippen LogP) is 3.08. The van der Waals surface area contributed by atoms with Gasteiger partial charge in [-0.1, -0.05) is 6.07 Å². The third kappa shape index (κ3) is 1.01. The second kappa shape index (κ2) is 2.68. The van der Waals surface area contributed by atoms with Gasteiger partial charge in [-0.15, -0.1) is 24.0 Å². The lowest BCUT2D eigenvalue weighted by atomic mass is 10.1. The van der Waals surface area contributed by atoms with E-state index in [1.54, 1.807) is 11.3 Å². The van der Waals surface area contributed by atoms with Crippen molar-refractivity contribution < 1.29 is 0 Å². The van der Waals surface area contributed by atoms with Gasteiger partial charge < -0.3 is 5.73 Å². The number of fused-ring (bicyclic) bond motifs is 1. The number of nitrogens with two attached hydrogens (primary N) is 1. The van der Waals surface area contributed by atoms with Gasteiger partial charge in [0.15, 0.2) is 0 Å². The first-order valence-electron chi connectivity index (χ1n) is 3.65. The number of aryl methyl sites for hydroxylation is 1. The van der Waals surface area contributed by atoms with E-state index < -0.39 is 0 Å². The van der Waals surface area contributed by atoms with Crippen molar-refractivity contribution in [1.29, 1.82) is 0 Å². The summed E-state index contributed by atoms with van der Waals surface area (Å²) in [5.74, 6) is 0. The minimum Gasteiger partial charge on any atom is -0.398 e. The Labute approximate surface area is 80.6 Å². The molecule has 0 radical (unpaired) electrons. The average Bonchev–Trinajstić information content (AvgIpc) is 2.41. The van der Waals surface area contributed by atoms with Gasteiger partial charge in [0.2, 0.25) is 0 Å². The maximum absolute atomic E-state index is 5.78. The molecule has 0 bridgehead atoms. The quantitative estimate of drug-likeness (QED) is 0.490. The summed E-state index contributed by atoms with van der Waals surface area (Å²) in [5.41, 5.74) is 7.80. The van der Waals surface area contributed by atoms with Crippen LogP contribution >= 0.6 is 24.0 Å². The summed E-state index contributed by atoms with van der Waals surface area (Å²) in [5, 5.41) is 3.25. The molecule has 0 fully saturated rings. The van der Waals surface area contributed by atoms with Crippen molar-refractivity contribution in [2.24, 2.45) is 0 Å². The minimum atomic E-state index is 0.859.